The maximum absolute atomic E-state index is 8.67. The van der Waals surface area contributed by atoms with Crippen LogP contribution >= 0.6 is 0 Å². The van der Waals surface area contributed by atoms with Crippen LogP contribution in [0.3, 0.4) is 0 Å². The third-order valence-electron chi connectivity index (χ3n) is 3.28. The van der Waals surface area contributed by atoms with Crippen LogP contribution in [0.5, 0.6) is 0 Å². The van der Waals surface area contributed by atoms with E-state index < -0.39 is 0 Å². The minimum atomic E-state index is 0.206. The molecule has 21 heavy (non-hydrogen) atoms. The molecule has 0 saturated carbocycles. The molecule has 6 heteroatoms. The molecule has 1 heterocycles. The van der Waals surface area contributed by atoms with Crippen LogP contribution in [-0.2, 0) is 4.74 Å². The Labute approximate surface area is 123 Å². The number of fused-ring (bicyclic) bond motifs is 1. The minimum Gasteiger partial charge on any atom is -0.409 e. The molecule has 2 rings (SSSR count). The molecule has 6 nitrogen and oxygen atoms in total. The fraction of sp³-hybridized carbons (Fsp3) is 0.333. The van der Waals surface area contributed by atoms with Gasteiger partial charge in [0.25, 0.3) is 0 Å². The van der Waals surface area contributed by atoms with Crippen molar-refractivity contribution in [3.05, 3.63) is 36.5 Å². The number of pyridine rings is 1. The summed E-state index contributed by atoms with van der Waals surface area (Å²) < 4.78 is 5.16. The summed E-state index contributed by atoms with van der Waals surface area (Å²) in [6, 6.07) is 10.1. The highest BCUT2D eigenvalue weighted by atomic mass is 16.5. The van der Waals surface area contributed by atoms with E-state index in [1.165, 1.54) is 0 Å². The molecule has 1 aromatic heterocycles. The Hall–Kier alpha value is -2.34. The molecular weight excluding hydrogens is 268 g/mol. The van der Waals surface area contributed by atoms with E-state index in [1.807, 2.05) is 24.3 Å². The summed E-state index contributed by atoms with van der Waals surface area (Å²) in [5.74, 6) is 1.09. The maximum atomic E-state index is 8.67. The number of nitrogens with two attached hydrogens (primary N) is 1. The second-order valence-electron chi connectivity index (χ2n) is 4.68. The number of amidine groups is 1. The van der Waals surface area contributed by atoms with E-state index in [-0.39, 0.29) is 5.84 Å². The molecule has 0 aliphatic carbocycles. The number of aromatic nitrogens is 1. The van der Waals surface area contributed by atoms with Crippen LogP contribution in [0.15, 0.2) is 41.7 Å². The fourth-order valence-corrected chi connectivity index (χ4v) is 2.18. The van der Waals surface area contributed by atoms with E-state index in [9.17, 15) is 0 Å². The van der Waals surface area contributed by atoms with Crippen molar-refractivity contribution in [1.29, 1.82) is 0 Å². The SMILES string of the molecule is COCCN(CC/C(N)=N/O)c1nccc2ccccc12. The summed E-state index contributed by atoms with van der Waals surface area (Å²) in [6.45, 7) is 1.89. The zero-order valence-electron chi connectivity index (χ0n) is 12.1. The Morgan fingerprint density at radius 2 is 2.14 bits per heavy atom. The Balaban J connectivity index is 2.29. The molecule has 0 radical (unpaired) electrons. The summed E-state index contributed by atoms with van der Waals surface area (Å²) in [5, 5.41) is 13.9. The maximum Gasteiger partial charge on any atom is 0.140 e. The molecule has 0 fully saturated rings. The second kappa shape index (κ2) is 7.44. The van der Waals surface area contributed by atoms with Gasteiger partial charge in [-0.25, -0.2) is 4.98 Å². The average Bonchev–Trinajstić information content (AvgIpc) is 2.54. The van der Waals surface area contributed by atoms with Crippen molar-refractivity contribution in [3.63, 3.8) is 0 Å². The van der Waals surface area contributed by atoms with E-state index in [1.54, 1.807) is 13.3 Å². The number of hydrogen-bond acceptors (Lipinski definition) is 5. The van der Waals surface area contributed by atoms with Gasteiger partial charge in [-0.05, 0) is 11.5 Å². The van der Waals surface area contributed by atoms with Crippen LogP contribution in [0.2, 0.25) is 0 Å². The van der Waals surface area contributed by atoms with Gasteiger partial charge in [0.15, 0.2) is 0 Å². The number of rotatable bonds is 7. The molecule has 0 spiro atoms. The molecule has 0 aliphatic heterocycles. The monoisotopic (exact) mass is 288 g/mol. The van der Waals surface area contributed by atoms with Crippen LogP contribution in [0, 0.1) is 0 Å². The first-order valence-corrected chi connectivity index (χ1v) is 6.80. The number of benzene rings is 1. The van der Waals surface area contributed by atoms with Gasteiger partial charge < -0.3 is 20.6 Å². The summed E-state index contributed by atoms with van der Waals surface area (Å²) >= 11 is 0. The first kappa shape index (κ1) is 15.1. The highest BCUT2D eigenvalue weighted by Crippen LogP contribution is 2.24. The minimum absolute atomic E-state index is 0.206. The molecule has 3 N–H and O–H groups in total. The standard InChI is InChI=1S/C15H20N4O2/c1-21-11-10-19(9-7-14(16)18-20)15-13-5-3-2-4-12(13)6-8-17-15/h2-6,8,20H,7,9-11H2,1H3,(H2,16,18). The van der Waals surface area contributed by atoms with Gasteiger partial charge in [-0.3, -0.25) is 0 Å². The number of ether oxygens (including phenoxy) is 1. The predicted molar refractivity (Wildman–Crippen MR) is 83.9 cm³/mol. The lowest BCUT2D eigenvalue weighted by Gasteiger charge is -2.24. The highest BCUT2D eigenvalue weighted by molar-refractivity contribution is 5.92. The van der Waals surface area contributed by atoms with Gasteiger partial charge in [-0.15, -0.1) is 0 Å². The Bertz CT molecular complexity index is 610. The summed E-state index contributed by atoms with van der Waals surface area (Å²) in [5.41, 5.74) is 5.56. The average molecular weight is 288 g/mol. The molecule has 0 atom stereocenters. The first-order valence-electron chi connectivity index (χ1n) is 6.80. The number of oxime groups is 1. The fourth-order valence-electron chi connectivity index (χ4n) is 2.18. The van der Waals surface area contributed by atoms with Crippen molar-refractivity contribution >= 4 is 22.4 Å². The van der Waals surface area contributed by atoms with Crippen molar-refractivity contribution < 1.29 is 9.94 Å². The zero-order valence-corrected chi connectivity index (χ0v) is 12.1. The van der Waals surface area contributed by atoms with E-state index >= 15 is 0 Å². The lowest BCUT2D eigenvalue weighted by molar-refractivity contribution is 0.205. The Kier molecular flexibility index (Phi) is 5.34. The molecular formula is C15H20N4O2. The number of hydrogen-bond donors (Lipinski definition) is 2. The normalized spacial score (nSPS) is 11.8. The molecule has 0 aliphatic rings. The lowest BCUT2D eigenvalue weighted by atomic mass is 10.1. The second-order valence-corrected chi connectivity index (χ2v) is 4.68. The molecule has 0 bridgehead atoms. The van der Waals surface area contributed by atoms with Crippen molar-refractivity contribution in [2.24, 2.45) is 10.9 Å². The van der Waals surface area contributed by atoms with Gasteiger partial charge in [-0.1, -0.05) is 29.4 Å². The van der Waals surface area contributed by atoms with Gasteiger partial charge in [0.2, 0.25) is 0 Å². The van der Waals surface area contributed by atoms with E-state index in [0.29, 0.717) is 26.1 Å². The summed E-state index contributed by atoms with van der Waals surface area (Å²) in [7, 11) is 1.66. The highest BCUT2D eigenvalue weighted by Gasteiger charge is 2.12. The van der Waals surface area contributed by atoms with Gasteiger partial charge in [0, 0.05) is 38.2 Å². The van der Waals surface area contributed by atoms with Crippen LogP contribution < -0.4 is 10.6 Å². The van der Waals surface area contributed by atoms with E-state index in [2.05, 4.69) is 21.1 Å². The van der Waals surface area contributed by atoms with Crippen molar-refractivity contribution in [2.75, 3.05) is 31.7 Å². The van der Waals surface area contributed by atoms with Crippen LogP contribution in [-0.4, -0.2) is 42.8 Å². The summed E-state index contributed by atoms with van der Waals surface area (Å²) in [6.07, 6.45) is 2.26. The van der Waals surface area contributed by atoms with Crippen molar-refractivity contribution in [3.8, 4) is 0 Å². The third kappa shape index (κ3) is 3.82. The summed E-state index contributed by atoms with van der Waals surface area (Å²) in [4.78, 5) is 6.58. The molecule has 0 unspecified atom stereocenters. The lowest BCUT2D eigenvalue weighted by Crippen LogP contribution is -2.32. The van der Waals surface area contributed by atoms with Gasteiger partial charge in [0.05, 0.1) is 6.61 Å². The van der Waals surface area contributed by atoms with E-state index in [4.69, 9.17) is 15.7 Å². The van der Waals surface area contributed by atoms with Crippen LogP contribution in [0.25, 0.3) is 10.8 Å². The Morgan fingerprint density at radius 1 is 1.33 bits per heavy atom. The van der Waals surface area contributed by atoms with Crippen molar-refractivity contribution in [2.45, 2.75) is 6.42 Å². The topological polar surface area (TPSA) is 84.0 Å². The molecule has 1 aromatic carbocycles. The smallest absolute Gasteiger partial charge is 0.140 e. The molecule has 0 amide bonds. The van der Waals surface area contributed by atoms with Gasteiger partial charge in [0.1, 0.15) is 11.7 Å². The van der Waals surface area contributed by atoms with Crippen LogP contribution in [0.4, 0.5) is 5.82 Å². The van der Waals surface area contributed by atoms with Crippen molar-refractivity contribution in [1.82, 2.24) is 4.98 Å². The molecule has 112 valence electrons. The van der Waals surface area contributed by atoms with E-state index in [0.717, 1.165) is 16.6 Å². The predicted octanol–water partition coefficient (Wildman–Crippen LogP) is 1.82. The third-order valence-corrected chi connectivity index (χ3v) is 3.28. The number of methoxy groups -OCH3 is 1. The molecule has 2 aromatic rings. The zero-order chi connectivity index (χ0) is 15.1. The van der Waals surface area contributed by atoms with Gasteiger partial charge >= 0.3 is 0 Å². The first-order chi connectivity index (χ1) is 10.3. The number of anilines is 1. The van der Waals surface area contributed by atoms with Gasteiger partial charge in [-0.2, -0.15) is 0 Å². The Morgan fingerprint density at radius 3 is 2.90 bits per heavy atom. The largest absolute Gasteiger partial charge is 0.409 e. The quantitative estimate of drug-likeness (QED) is 0.351. The molecule has 0 saturated heterocycles. The van der Waals surface area contributed by atoms with Crippen LogP contribution in [0.1, 0.15) is 6.42 Å². The number of nitrogens with zero attached hydrogens (tertiary/aromatic N) is 3.